The summed E-state index contributed by atoms with van der Waals surface area (Å²) in [5.41, 5.74) is 1.02. The number of ketones is 1. The average Bonchev–Trinajstić information content (AvgIpc) is 3.03. The summed E-state index contributed by atoms with van der Waals surface area (Å²) < 4.78 is 5.70. The molecule has 1 aliphatic heterocycles. The van der Waals surface area contributed by atoms with Crippen LogP contribution in [0.4, 0.5) is 5.69 Å². The van der Waals surface area contributed by atoms with Gasteiger partial charge in [0.05, 0.1) is 17.7 Å². The third-order valence-electron chi connectivity index (χ3n) is 5.26. The van der Waals surface area contributed by atoms with E-state index in [-0.39, 0.29) is 33.2 Å². The van der Waals surface area contributed by atoms with Crippen molar-refractivity contribution in [1.29, 1.82) is 0 Å². The van der Waals surface area contributed by atoms with E-state index >= 15 is 0 Å². The zero-order valence-electron chi connectivity index (χ0n) is 18.3. The first-order valence-electron chi connectivity index (χ1n) is 10.5. The van der Waals surface area contributed by atoms with Crippen LogP contribution in [0.1, 0.15) is 31.0 Å². The lowest BCUT2D eigenvalue weighted by Gasteiger charge is -2.26. The molecule has 1 heterocycles. The average molecular weight is 498 g/mol. The first-order chi connectivity index (χ1) is 16.2. The van der Waals surface area contributed by atoms with E-state index in [2.05, 4.69) is 0 Å². The number of aliphatic hydroxyl groups excluding tert-OH is 1. The smallest absolute Gasteiger partial charge is 0.300 e. The van der Waals surface area contributed by atoms with Crippen LogP contribution in [-0.2, 0) is 9.59 Å². The molecule has 0 saturated carbocycles. The van der Waals surface area contributed by atoms with Crippen LogP contribution in [0.2, 0.25) is 10.0 Å². The molecular weight excluding hydrogens is 477 g/mol. The zero-order chi connectivity index (χ0) is 24.6. The monoisotopic (exact) mass is 497 g/mol. The molecule has 8 heteroatoms. The number of hydrogen-bond acceptors (Lipinski definition) is 5. The van der Waals surface area contributed by atoms with Crippen molar-refractivity contribution in [1.82, 2.24) is 0 Å². The van der Waals surface area contributed by atoms with Crippen LogP contribution in [0, 0.1) is 0 Å². The van der Waals surface area contributed by atoms with E-state index in [0.717, 1.165) is 0 Å². The van der Waals surface area contributed by atoms with Gasteiger partial charge in [-0.25, -0.2) is 0 Å². The van der Waals surface area contributed by atoms with Gasteiger partial charge in [0.15, 0.2) is 0 Å². The molecule has 4 rings (SSSR count). The molecule has 0 radical (unpaired) electrons. The molecule has 2 N–H and O–H groups in total. The Bertz CT molecular complexity index is 1280. The molecule has 1 aliphatic rings. The minimum Gasteiger partial charge on any atom is -0.508 e. The number of ether oxygens (including phenoxy) is 1. The molecule has 1 unspecified atom stereocenters. The van der Waals surface area contributed by atoms with Crippen molar-refractivity contribution in [2.75, 3.05) is 4.90 Å². The van der Waals surface area contributed by atoms with E-state index in [0.29, 0.717) is 22.6 Å². The van der Waals surface area contributed by atoms with Crippen molar-refractivity contribution in [2.24, 2.45) is 0 Å². The van der Waals surface area contributed by atoms with Gasteiger partial charge in [0.2, 0.25) is 0 Å². The number of phenolic OH excluding ortho intramolecular Hbond substituents is 1. The molecular formula is C26H21Cl2NO5. The Hall–Kier alpha value is -3.48. The van der Waals surface area contributed by atoms with Gasteiger partial charge in [-0.2, -0.15) is 0 Å². The molecule has 0 aliphatic carbocycles. The number of amides is 1. The Balaban J connectivity index is 1.92. The summed E-state index contributed by atoms with van der Waals surface area (Å²) in [4.78, 5) is 27.7. The number of aromatic hydroxyl groups is 1. The Morgan fingerprint density at radius 2 is 1.62 bits per heavy atom. The van der Waals surface area contributed by atoms with E-state index in [1.165, 1.54) is 35.2 Å². The number of halogens is 2. The van der Waals surface area contributed by atoms with Gasteiger partial charge in [-0.05, 0) is 61.9 Å². The number of benzene rings is 3. The maximum absolute atomic E-state index is 13.2. The fraction of sp³-hybridized carbons (Fsp3) is 0.154. The third-order valence-corrected chi connectivity index (χ3v) is 5.69. The van der Waals surface area contributed by atoms with Gasteiger partial charge in [0, 0.05) is 21.3 Å². The summed E-state index contributed by atoms with van der Waals surface area (Å²) >= 11 is 12.3. The Morgan fingerprint density at radius 1 is 0.971 bits per heavy atom. The molecule has 3 aromatic rings. The van der Waals surface area contributed by atoms with E-state index in [4.69, 9.17) is 27.9 Å². The maximum Gasteiger partial charge on any atom is 0.300 e. The van der Waals surface area contributed by atoms with Gasteiger partial charge in [-0.3, -0.25) is 14.5 Å². The number of rotatable bonds is 5. The van der Waals surface area contributed by atoms with Gasteiger partial charge in [0.1, 0.15) is 17.3 Å². The van der Waals surface area contributed by atoms with Crippen molar-refractivity contribution in [3.8, 4) is 11.5 Å². The molecule has 3 aromatic carbocycles. The highest BCUT2D eigenvalue weighted by Crippen LogP contribution is 2.43. The number of Topliss-reactive ketones (excluding diaryl/α,β-unsaturated/α-hetero) is 1. The molecule has 1 saturated heterocycles. The highest BCUT2D eigenvalue weighted by Gasteiger charge is 2.47. The number of phenols is 1. The van der Waals surface area contributed by atoms with Crippen molar-refractivity contribution < 1.29 is 24.5 Å². The predicted molar refractivity (Wildman–Crippen MR) is 132 cm³/mol. The first-order valence-corrected chi connectivity index (χ1v) is 11.2. The SMILES string of the molecule is CC(C)Oc1cccc(/C(O)=C2\C(=O)C(=O)N(c3cc(Cl)cc(Cl)c3)C2c2ccc(O)cc2)c1. The lowest BCUT2D eigenvalue weighted by molar-refractivity contribution is -0.132. The van der Waals surface area contributed by atoms with E-state index in [9.17, 15) is 19.8 Å². The number of carbonyl (C=O) groups excluding carboxylic acids is 2. The molecule has 6 nitrogen and oxygen atoms in total. The fourth-order valence-corrected chi connectivity index (χ4v) is 4.41. The van der Waals surface area contributed by atoms with Gasteiger partial charge in [-0.1, -0.05) is 47.5 Å². The van der Waals surface area contributed by atoms with Crippen molar-refractivity contribution >= 4 is 46.3 Å². The predicted octanol–water partition coefficient (Wildman–Crippen LogP) is 6.11. The second-order valence-corrected chi connectivity index (χ2v) is 8.96. The summed E-state index contributed by atoms with van der Waals surface area (Å²) in [5, 5.41) is 21.6. The second-order valence-electron chi connectivity index (χ2n) is 8.08. The molecule has 1 amide bonds. The van der Waals surface area contributed by atoms with Crippen LogP contribution in [0.15, 0.2) is 72.3 Å². The van der Waals surface area contributed by atoms with Gasteiger partial charge >= 0.3 is 0 Å². The maximum atomic E-state index is 13.2. The molecule has 34 heavy (non-hydrogen) atoms. The van der Waals surface area contributed by atoms with Crippen LogP contribution >= 0.6 is 23.2 Å². The highest BCUT2D eigenvalue weighted by atomic mass is 35.5. The van der Waals surface area contributed by atoms with Crippen LogP contribution in [-0.4, -0.2) is 28.0 Å². The number of aliphatic hydroxyl groups is 1. The number of hydrogen-bond donors (Lipinski definition) is 2. The summed E-state index contributed by atoms with van der Waals surface area (Å²) in [5.74, 6) is -1.52. The summed E-state index contributed by atoms with van der Waals surface area (Å²) in [6.45, 7) is 3.75. The largest absolute Gasteiger partial charge is 0.508 e. The van der Waals surface area contributed by atoms with Crippen molar-refractivity contribution in [2.45, 2.75) is 26.0 Å². The summed E-state index contributed by atoms with van der Waals surface area (Å²) in [6, 6.07) is 16.3. The Kier molecular flexibility index (Phi) is 6.55. The summed E-state index contributed by atoms with van der Waals surface area (Å²) in [6.07, 6.45) is -0.0902. The molecule has 1 atom stereocenters. The number of nitrogens with zero attached hydrogens (tertiary/aromatic N) is 1. The standard InChI is InChI=1S/C26H21Cl2NO5/c1-14(2)34-21-5-3-4-16(10-21)24(31)22-23(15-6-8-20(30)9-7-15)29(26(33)25(22)32)19-12-17(27)11-18(28)13-19/h3-14,23,30-31H,1-2H3/b24-22+. The molecule has 0 spiro atoms. The third kappa shape index (κ3) is 4.60. The second kappa shape index (κ2) is 9.41. The van der Waals surface area contributed by atoms with Gasteiger partial charge < -0.3 is 14.9 Å². The lowest BCUT2D eigenvalue weighted by atomic mass is 9.95. The topological polar surface area (TPSA) is 87.1 Å². The zero-order valence-corrected chi connectivity index (χ0v) is 19.8. The van der Waals surface area contributed by atoms with Crippen LogP contribution in [0.25, 0.3) is 5.76 Å². The van der Waals surface area contributed by atoms with Crippen LogP contribution in [0.5, 0.6) is 11.5 Å². The van der Waals surface area contributed by atoms with E-state index < -0.39 is 17.7 Å². The van der Waals surface area contributed by atoms with Crippen LogP contribution < -0.4 is 9.64 Å². The molecule has 174 valence electrons. The summed E-state index contributed by atoms with van der Waals surface area (Å²) in [7, 11) is 0. The highest BCUT2D eigenvalue weighted by molar-refractivity contribution is 6.52. The minimum absolute atomic E-state index is 0.0186. The molecule has 0 bridgehead atoms. The van der Waals surface area contributed by atoms with Crippen LogP contribution in [0.3, 0.4) is 0 Å². The molecule has 0 aromatic heterocycles. The Morgan fingerprint density at radius 3 is 2.24 bits per heavy atom. The Labute approximate surface area is 206 Å². The van der Waals surface area contributed by atoms with E-state index in [1.54, 1.807) is 36.4 Å². The van der Waals surface area contributed by atoms with E-state index in [1.807, 2.05) is 13.8 Å². The minimum atomic E-state index is -0.982. The number of carbonyl (C=O) groups is 2. The normalized spacial score (nSPS) is 17.4. The number of anilines is 1. The van der Waals surface area contributed by atoms with Gasteiger partial charge in [0.25, 0.3) is 11.7 Å². The van der Waals surface area contributed by atoms with Crippen molar-refractivity contribution in [3.63, 3.8) is 0 Å². The molecule has 1 fully saturated rings. The quantitative estimate of drug-likeness (QED) is 0.252. The lowest BCUT2D eigenvalue weighted by Crippen LogP contribution is -2.29. The first kappa shape index (κ1) is 23.7. The van der Waals surface area contributed by atoms with Gasteiger partial charge in [-0.15, -0.1) is 0 Å². The fourth-order valence-electron chi connectivity index (χ4n) is 3.89. The van der Waals surface area contributed by atoms with Crippen molar-refractivity contribution in [3.05, 3.63) is 93.5 Å².